The molecule has 0 fully saturated rings. The molecule has 0 aromatic heterocycles. The molecule has 0 spiro atoms. The molecule has 1 rings (SSSR count). The van der Waals surface area contributed by atoms with Crippen LogP contribution in [-0.2, 0) is 0 Å². The predicted octanol–water partition coefficient (Wildman–Crippen LogP) is 3.79. The Bertz CT molecular complexity index is 378. The number of nitrogen functional groups attached to an aromatic ring is 1. The molecule has 0 aliphatic rings. The molecule has 0 radical (unpaired) electrons. The molecule has 2 N–H and O–H groups in total. The molecule has 0 bridgehead atoms. The average molecular weight is 264 g/mol. The van der Waals surface area contributed by atoms with Gasteiger partial charge in [0.15, 0.2) is 0 Å². The van der Waals surface area contributed by atoms with Gasteiger partial charge in [-0.1, -0.05) is 27.7 Å². The van der Waals surface area contributed by atoms with Gasteiger partial charge in [-0.2, -0.15) is 0 Å². The Morgan fingerprint density at radius 1 is 1.11 bits per heavy atom. The third kappa shape index (κ3) is 5.01. The van der Waals surface area contributed by atoms with Gasteiger partial charge in [-0.25, -0.2) is 0 Å². The maximum Gasteiger partial charge on any atom is 0.144 e. The number of anilines is 2. The van der Waals surface area contributed by atoms with E-state index < -0.39 is 0 Å². The van der Waals surface area contributed by atoms with Crippen LogP contribution in [0.1, 0.15) is 34.6 Å². The first kappa shape index (κ1) is 15.7. The lowest BCUT2D eigenvalue weighted by Crippen LogP contribution is -2.31. The highest BCUT2D eigenvalue weighted by atomic mass is 16.5. The Kier molecular flexibility index (Phi) is 6.00. The van der Waals surface area contributed by atoms with Crippen LogP contribution in [0.25, 0.3) is 0 Å². The fraction of sp³-hybridized carbons (Fsp3) is 0.625. The van der Waals surface area contributed by atoms with Crippen LogP contribution in [0, 0.1) is 11.8 Å². The minimum atomic E-state index is 0.631. The fourth-order valence-electron chi connectivity index (χ4n) is 2.17. The molecule has 3 heteroatoms. The normalized spacial score (nSPS) is 11.1. The molecule has 0 saturated heterocycles. The predicted molar refractivity (Wildman–Crippen MR) is 83.9 cm³/mol. The van der Waals surface area contributed by atoms with Crippen molar-refractivity contribution in [2.75, 3.05) is 30.3 Å². The largest absolute Gasteiger partial charge is 0.492 e. The molecule has 19 heavy (non-hydrogen) atoms. The lowest BCUT2D eigenvalue weighted by atomic mass is 10.1. The monoisotopic (exact) mass is 264 g/mol. The van der Waals surface area contributed by atoms with Crippen LogP contribution in [0.15, 0.2) is 18.2 Å². The maximum atomic E-state index is 5.93. The Morgan fingerprint density at radius 2 is 1.68 bits per heavy atom. The van der Waals surface area contributed by atoms with Crippen molar-refractivity contribution < 1.29 is 4.74 Å². The van der Waals surface area contributed by atoms with Gasteiger partial charge in [0.25, 0.3) is 0 Å². The molecule has 1 aromatic carbocycles. The summed E-state index contributed by atoms with van der Waals surface area (Å²) in [6.45, 7) is 13.7. The SMILES string of the molecule is CCOc1cc(N(CC(C)C)CC(C)C)ccc1N. The Balaban J connectivity index is 2.97. The van der Waals surface area contributed by atoms with Crippen molar-refractivity contribution in [2.24, 2.45) is 11.8 Å². The number of rotatable bonds is 7. The van der Waals surface area contributed by atoms with E-state index >= 15 is 0 Å². The molecule has 0 amide bonds. The summed E-state index contributed by atoms with van der Waals surface area (Å²) in [4.78, 5) is 2.41. The second-order valence-corrected chi connectivity index (χ2v) is 5.85. The number of benzene rings is 1. The van der Waals surface area contributed by atoms with Crippen LogP contribution in [0.5, 0.6) is 5.75 Å². The third-order valence-electron chi connectivity index (χ3n) is 2.83. The first-order valence-corrected chi connectivity index (χ1v) is 7.21. The first-order valence-electron chi connectivity index (χ1n) is 7.21. The van der Waals surface area contributed by atoms with E-state index in [9.17, 15) is 0 Å². The Labute approximate surface area is 117 Å². The summed E-state index contributed by atoms with van der Waals surface area (Å²) in [6.07, 6.45) is 0. The van der Waals surface area contributed by atoms with E-state index in [2.05, 4.69) is 44.7 Å². The second-order valence-electron chi connectivity index (χ2n) is 5.85. The van der Waals surface area contributed by atoms with Crippen molar-refractivity contribution >= 4 is 11.4 Å². The minimum Gasteiger partial charge on any atom is -0.492 e. The van der Waals surface area contributed by atoms with Gasteiger partial charge in [0.2, 0.25) is 0 Å². The second kappa shape index (κ2) is 7.27. The van der Waals surface area contributed by atoms with Gasteiger partial charge < -0.3 is 15.4 Å². The first-order chi connectivity index (χ1) is 8.93. The van der Waals surface area contributed by atoms with Crippen molar-refractivity contribution in [3.63, 3.8) is 0 Å². The highest BCUT2D eigenvalue weighted by molar-refractivity contribution is 5.62. The summed E-state index contributed by atoms with van der Waals surface area (Å²) in [7, 11) is 0. The van der Waals surface area contributed by atoms with Crippen LogP contribution in [0.2, 0.25) is 0 Å². The fourth-order valence-corrected chi connectivity index (χ4v) is 2.17. The van der Waals surface area contributed by atoms with Crippen molar-refractivity contribution in [3.05, 3.63) is 18.2 Å². The van der Waals surface area contributed by atoms with Gasteiger partial charge in [-0.05, 0) is 30.9 Å². The lowest BCUT2D eigenvalue weighted by Gasteiger charge is -2.29. The zero-order valence-corrected chi connectivity index (χ0v) is 12.9. The van der Waals surface area contributed by atoms with E-state index in [1.807, 2.05) is 13.0 Å². The standard InChI is InChI=1S/C16H28N2O/c1-6-19-16-9-14(7-8-15(16)17)18(10-12(2)3)11-13(4)5/h7-9,12-13H,6,10-11,17H2,1-5H3. The molecule has 1 aromatic rings. The maximum absolute atomic E-state index is 5.93. The summed E-state index contributed by atoms with van der Waals surface area (Å²) in [5.74, 6) is 2.05. The summed E-state index contributed by atoms with van der Waals surface area (Å²) < 4.78 is 5.59. The number of nitrogens with zero attached hydrogens (tertiary/aromatic N) is 1. The van der Waals surface area contributed by atoms with Gasteiger partial charge in [0.1, 0.15) is 5.75 Å². The van der Waals surface area contributed by atoms with Gasteiger partial charge in [0, 0.05) is 24.8 Å². The Morgan fingerprint density at radius 3 is 2.16 bits per heavy atom. The van der Waals surface area contributed by atoms with Crippen LogP contribution in [0.4, 0.5) is 11.4 Å². The van der Waals surface area contributed by atoms with Crippen molar-refractivity contribution in [2.45, 2.75) is 34.6 Å². The molecule has 0 atom stereocenters. The van der Waals surface area contributed by atoms with Crippen LogP contribution in [-0.4, -0.2) is 19.7 Å². The van der Waals surface area contributed by atoms with Crippen molar-refractivity contribution in [3.8, 4) is 5.75 Å². The molecule has 0 aliphatic heterocycles. The van der Waals surface area contributed by atoms with E-state index in [-0.39, 0.29) is 0 Å². The molecule has 0 heterocycles. The zero-order chi connectivity index (χ0) is 14.4. The summed E-state index contributed by atoms with van der Waals surface area (Å²) in [5, 5.41) is 0. The van der Waals surface area contributed by atoms with Gasteiger partial charge in [0.05, 0.1) is 12.3 Å². The van der Waals surface area contributed by atoms with E-state index in [0.717, 1.165) is 18.8 Å². The van der Waals surface area contributed by atoms with Gasteiger partial charge in [-0.3, -0.25) is 0 Å². The number of hydrogen-bond donors (Lipinski definition) is 1. The highest BCUT2D eigenvalue weighted by Gasteiger charge is 2.12. The Hall–Kier alpha value is -1.38. The van der Waals surface area contributed by atoms with Crippen LogP contribution in [0.3, 0.4) is 0 Å². The quantitative estimate of drug-likeness (QED) is 0.762. The van der Waals surface area contributed by atoms with Gasteiger partial charge >= 0.3 is 0 Å². The summed E-state index contributed by atoms with van der Waals surface area (Å²) >= 11 is 0. The average Bonchev–Trinajstić information content (AvgIpc) is 2.30. The minimum absolute atomic E-state index is 0.631. The molecular weight excluding hydrogens is 236 g/mol. The molecule has 108 valence electrons. The molecule has 3 nitrogen and oxygen atoms in total. The molecule has 0 aliphatic carbocycles. The highest BCUT2D eigenvalue weighted by Crippen LogP contribution is 2.28. The van der Waals surface area contributed by atoms with Crippen LogP contribution < -0.4 is 15.4 Å². The summed E-state index contributed by atoms with van der Waals surface area (Å²) in [6, 6.07) is 6.08. The van der Waals surface area contributed by atoms with Gasteiger partial charge in [-0.15, -0.1) is 0 Å². The topological polar surface area (TPSA) is 38.5 Å². The molecule has 0 saturated carbocycles. The lowest BCUT2D eigenvalue weighted by molar-refractivity contribution is 0.342. The molecule has 0 unspecified atom stereocenters. The summed E-state index contributed by atoms with van der Waals surface area (Å²) in [5.41, 5.74) is 7.84. The van der Waals surface area contributed by atoms with Crippen LogP contribution >= 0.6 is 0 Å². The van der Waals surface area contributed by atoms with E-state index in [4.69, 9.17) is 10.5 Å². The van der Waals surface area contributed by atoms with E-state index in [0.29, 0.717) is 24.1 Å². The van der Waals surface area contributed by atoms with Crippen molar-refractivity contribution in [1.29, 1.82) is 0 Å². The van der Waals surface area contributed by atoms with Crippen molar-refractivity contribution in [1.82, 2.24) is 0 Å². The molecular formula is C16H28N2O. The number of ether oxygens (including phenoxy) is 1. The number of hydrogen-bond acceptors (Lipinski definition) is 3. The van der Waals surface area contributed by atoms with E-state index in [1.165, 1.54) is 5.69 Å². The zero-order valence-electron chi connectivity index (χ0n) is 12.9. The van der Waals surface area contributed by atoms with E-state index in [1.54, 1.807) is 0 Å². The third-order valence-corrected chi connectivity index (χ3v) is 2.83. The number of nitrogens with two attached hydrogens (primary N) is 1. The smallest absolute Gasteiger partial charge is 0.144 e.